The van der Waals surface area contributed by atoms with Crippen LogP contribution in [0.4, 0.5) is 4.39 Å². The summed E-state index contributed by atoms with van der Waals surface area (Å²) in [7, 11) is -1.78. The number of nitrogens with zero attached hydrogens (tertiary/aromatic N) is 3. The minimum Gasteiger partial charge on any atom is -0.308 e. The van der Waals surface area contributed by atoms with E-state index in [2.05, 4.69) is 10.2 Å². The van der Waals surface area contributed by atoms with Crippen molar-refractivity contribution in [3.05, 3.63) is 71.8 Å². The van der Waals surface area contributed by atoms with Crippen LogP contribution in [0.5, 0.6) is 0 Å². The van der Waals surface area contributed by atoms with Crippen LogP contribution in [0.1, 0.15) is 11.4 Å². The van der Waals surface area contributed by atoms with E-state index in [1.807, 2.05) is 0 Å². The van der Waals surface area contributed by atoms with Crippen LogP contribution >= 0.6 is 11.8 Å². The first-order valence-corrected chi connectivity index (χ1v) is 10.1. The lowest BCUT2D eigenvalue weighted by Gasteiger charge is -2.06. The summed E-state index contributed by atoms with van der Waals surface area (Å²) in [4.78, 5) is 0.249. The third kappa shape index (κ3) is 4.08. The molecule has 0 radical (unpaired) electrons. The average molecular weight is 377 g/mol. The van der Waals surface area contributed by atoms with E-state index in [0.717, 1.165) is 0 Å². The van der Waals surface area contributed by atoms with Gasteiger partial charge in [0, 0.05) is 12.8 Å². The number of aromatic nitrogens is 3. The topological polar surface area (TPSA) is 64.8 Å². The summed E-state index contributed by atoms with van der Waals surface area (Å²) in [5, 5.41) is 8.55. The van der Waals surface area contributed by atoms with Crippen molar-refractivity contribution >= 4 is 21.6 Å². The molecule has 8 heteroatoms. The smallest absolute Gasteiger partial charge is 0.191 e. The van der Waals surface area contributed by atoms with Gasteiger partial charge in [-0.2, -0.15) is 0 Å². The molecule has 3 rings (SSSR count). The standard InChI is InChI=1S/C17H16FN3O2S2/c1-21-16(12-25(22,23)14-8-3-2-4-9-14)19-20-17(21)24-11-13-7-5-6-10-15(13)18/h2-10H,11-12H2,1H3. The van der Waals surface area contributed by atoms with Crippen molar-refractivity contribution in [2.75, 3.05) is 0 Å². The molecule has 0 saturated carbocycles. The Balaban J connectivity index is 1.74. The highest BCUT2D eigenvalue weighted by atomic mass is 32.2. The van der Waals surface area contributed by atoms with Crippen LogP contribution in [-0.2, 0) is 28.4 Å². The Hall–Kier alpha value is -2.19. The number of rotatable bonds is 6. The molecule has 0 atom stereocenters. The van der Waals surface area contributed by atoms with Gasteiger partial charge in [0.2, 0.25) is 0 Å². The summed E-state index contributed by atoms with van der Waals surface area (Å²) in [6, 6.07) is 14.8. The zero-order chi connectivity index (χ0) is 17.9. The highest BCUT2D eigenvalue weighted by Gasteiger charge is 2.20. The summed E-state index contributed by atoms with van der Waals surface area (Å²) in [5.74, 6) is 0.231. The number of hydrogen-bond donors (Lipinski definition) is 0. The molecular weight excluding hydrogens is 361 g/mol. The molecule has 0 aliphatic heterocycles. The van der Waals surface area contributed by atoms with Gasteiger partial charge >= 0.3 is 0 Å². The van der Waals surface area contributed by atoms with Crippen LogP contribution in [0.3, 0.4) is 0 Å². The van der Waals surface area contributed by atoms with E-state index < -0.39 is 9.84 Å². The predicted molar refractivity (Wildman–Crippen MR) is 94.3 cm³/mol. The predicted octanol–water partition coefficient (Wildman–Crippen LogP) is 3.22. The van der Waals surface area contributed by atoms with E-state index in [1.165, 1.54) is 17.8 Å². The van der Waals surface area contributed by atoms with Crippen LogP contribution in [0.15, 0.2) is 64.6 Å². The van der Waals surface area contributed by atoms with Crippen molar-refractivity contribution in [3.8, 4) is 0 Å². The van der Waals surface area contributed by atoms with E-state index in [1.54, 1.807) is 60.1 Å². The van der Waals surface area contributed by atoms with Crippen molar-refractivity contribution in [1.82, 2.24) is 14.8 Å². The van der Waals surface area contributed by atoms with Gasteiger partial charge in [-0.25, -0.2) is 12.8 Å². The van der Waals surface area contributed by atoms with Gasteiger partial charge in [0.15, 0.2) is 15.0 Å². The maximum absolute atomic E-state index is 13.7. The summed E-state index contributed by atoms with van der Waals surface area (Å²) in [6.07, 6.45) is 0. The summed E-state index contributed by atoms with van der Waals surface area (Å²) in [6.45, 7) is 0. The third-order valence-electron chi connectivity index (χ3n) is 3.66. The Labute approximate surface area is 149 Å². The quantitative estimate of drug-likeness (QED) is 0.617. The highest BCUT2D eigenvalue weighted by Crippen LogP contribution is 2.24. The lowest BCUT2D eigenvalue weighted by Crippen LogP contribution is -2.09. The van der Waals surface area contributed by atoms with Crippen LogP contribution < -0.4 is 0 Å². The molecule has 0 aliphatic carbocycles. The van der Waals surface area contributed by atoms with Gasteiger partial charge in [0.05, 0.1) is 4.90 Å². The van der Waals surface area contributed by atoms with Crippen molar-refractivity contribution in [2.45, 2.75) is 21.6 Å². The van der Waals surface area contributed by atoms with E-state index in [9.17, 15) is 12.8 Å². The van der Waals surface area contributed by atoms with Crippen molar-refractivity contribution < 1.29 is 12.8 Å². The van der Waals surface area contributed by atoms with Gasteiger partial charge in [-0.1, -0.05) is 48.2 Å². The fourth-order valence-corrected chi connectivity index (χ4v) is 4.48. The summed E-state index contributed by atoms with van der Waals surface area (Å²) >= 11 is 1.31. The Morgan fingerprint density at radius 1 is 1.04 bits per heavy atom. The fourth-order valence-electron chi connectivity index (χ4n) is 2.24. The molecule has 25 heavy (non-hydrogen) atoms. The lowest BCUT2D eigenvalue weighted by molar-refractivity contribution is 0.591. The summed E-state index contributed by atoms with van der Waals surface area (Å²) in [5.41, 5.74) is 0.564. The van der Waals surface area contributed by atoms with Crippen LogP contribution in [0.25, 0.3) is 0 Å². The molecule has 0 bridgehead atoms. The van der Waals surface area contributed by atoms with E-state index in [4.69, 9.17) is 0 Å². The van der Waals surface area contributed by atoms with Gasteiger partial charge < -0.3 is 4.57 Å². The first kappa shape index (κ1) is 17.6. The zero-order valence-corrected chi connectivity index (χ0v) is 15.1. The minimum atomic E-state index is -3.49. The highest BCUT2D eigenvalue weighted by molar-refractivity contribution is 7.98. The molecule has 0 amide bonds. The normalized spacial score (nSPS) is 11.6. The van der Waals surface area contributed by atoms with Gasteiger partial charge in [0.25, 0.3) is 0 Å². The number of sulfone groups is 1. The van der Waals surface area contributed by atoms with Gasteiger partial charge in [-0.15, -0.1) is 10.2 Å². The fraction of sp³-hybridized carbons (Fsp3) is 0.176. The lowest BCUT2D eigenvalue weighted by atomic mass is 10.2. The molecule has 130 valence electrons. The third-order valence-corrected chi connectivity index (χ3v) is 6.36. The van der Waals surface area contributed by atoms with Crippen LogP contribution in [0, 0.1) is 5.82 Å². The number of thioether (sulfide) groups is 1. The molecule has 0 saturated heterocycles. The number of benzene rings is 2. The van der Waals surface area contributed by atoms with Gasteiger partial charge in [0.1, 0.15) is 17.4 Å². The Kier molecular flexibility index (Phi) is 5.19. The van der Waals surface area contributed by atoms with E-state index in [0.29, 0.717) is 22.3 Å². The second-order valence-corrected chi connectivity index (χ2v) is 8.34. The largest absolute Gasteiger partial charge is 0.308 e. The van der Waals surface area contributed by atoms with Crippen molar-refractivity contribution in [3.63, 3.8) is 0 Å². The Morgan fingerprint density at radius 2 is 1.72 bits per heavy atom. The Morgan fingerprint density at radius 3 is 2.44 bits per heavy atom. The van der Waals surface area contributed by atoms with Crippen LogP contribution in [-0.4, -0.2) is 23.2 Å². The molecule has 1 heterocycles. The van der Waals surface area contributed by atoms with Crippen molar-refractivity contribution in [1.29, 1.82) is 0 Å². The zero-order valence-electron chi connectivity index (χ0n) is 13.5. The second kappa shape index (κ2) is 7.37. The maximum atomic E-state index is 13.7. The van der Waals surface area contributed by atoms with Crippen LogP contribution in [0.2, 0.25) is 0 Å². The number of halogens is 1. The number of hydrogen-bond acceptors (Lipinski definition) is 5. The monoisotopic (exact) mass is 377 g/mol. The molecule has 0 unspecified atom stereocenters. The first-order valence-electron chi connectivity index (χ1n) is 7.49. The van der Waals surface area contributed by atoms with Crippen molar-refractivity contribution in [2.24, 2.45) is 7.05 Å². The average Bonchev–Trinajstić information content (AvgIpc) is 2.95. The van der Waals surface area contributed by atoms with Gasteiger partial charge in [-0.3, -0.25) is 0 Å². The molecule has 5 nitrogen and oxygen atoms in total. The summed E-state index contributed by atoms with van der Waals surface area (Å²) < 4.78 is 40.2. The Bertz CT molecular complexity index is 973. The second-order valence-electron chi connectivity index (χ2n) is 5.41. The molecule has 0 spiro atoms. The molecule has 0 N–H and O–H groups in total. The molecule has 3 aromatic rings. The van der Waals surface area contributed by atoms with E-state index in [-0.39, 0.29) is 16.5 Å². The molecular formula is C17H16FN3O2S2. The first-order chi connectivity index (χ1) is 12.0. The SMILES string of the molecule is Cn1c(CS(=O)(=O)c2ccccc2)nnc1SCc1ccccc1F. The molecule has 0 fully saturated rings. The maximum Gasteiger partial charge on any atom is 0.191 e. The molecule has 0 aliphatic rings. The molecule has 1 aromatic heterocycles. The van der Waals surface area contributed by atoms with Gasteiger partial charge in [-0.05, 0) is 23.8 Å². The van der Waals surface area contributed by atoms with E-state index >= 15 is 0 Å². The molecule has 2 aromatic carbocycles. The minimum absolute atomic E-state index is 0.235.